The molecule has 0 saturated heterocycles. The van der Waals surface area contributed by atoms with Crippen LogP contribution in [0.15, 0.2) is 42.7 Å². The van der Waals surface area contributed by atoms with E-state index in [1.54, 1.807) is 18.5 Å². The number of nitrogen functional groups attached to an aromatic ring is 2. The molecule has 0 radical (unpaired) electrons. The third-order valence-electron chi connectivity index (χ3n) is 3.09. The van der Waals surface area contributed by atoms with E-state index in [1.165, 1.54) is 0 Å². The first kappa shape index (κ1) is 15.0. The van der Waals surface area contributed by atoms with Gasteiger partial charge in [-0.3, -0.25) is 0 Å². The number of benzene rings is 1. The topological polar surface area (TPSA) is 113 Å². The summed E-state index contributed by atoms with van der Waals surface area (Å²) in [6.45, 7) is 0.210. The zero-order valence-corrected chi connectivity index (χ0v) is 12.7. The third kappa shape index (κ3) is 3.46. The van der Waals surface area contributed by atoms with E-state index >= 15 is 0 Å². The molecule has 0 spiro atoms. The molecule has 0 fully saturated rings. The van der Waals surface area contributed by atoms with Crippen molar-refractivity contribution in [1.29, 1.82) is 0 Å². The number of aromatic nitrogens is 4. The molecule has 0 unspecified atom stereocenters. The van der Waals surface area contributed by atoms with E-state index in [-0.39, 0.29) is 17.8 Å². The van der Waals surface area contributed by atoms with Gasteiger partial charge in [0.05, 0.1) is 11.3 Å². The van der Waals surface area contributed by atoms with Gasteiger partial charge >= 0.3 is 0 Å². The molecule has 3 aromatic rings. The van der Waals surface area contributed by atoms with Crippen LogP contribution in [0.25, 0.3) is 11.3 Å². The first-order chi connectivity index (χ1) is 11.1. The number of rotatable bonds is 4. The summed E-state index contributed by atoms with van der Waals surface area (Å²) in [6.07, 6.45) is 3.13. The van der Waals surface area contributed by atoms with Gasteiger partial charge in [-0.15, -0.1) is 0 Å². The molecule has 0 aliphatic heterocycles. The number of ether oxygens (including phenoxy) is 1. The number of nitrogens with zero attached hydrogens (tertiary/aromatic N) is 4. The Morgan fingerprint density at radius 2 is 1.87 bits per heavy atom. The summed E-state index contributed by atoms with van der Waals surface area (Å²) in [7, 11) is 0. The lowest BCUT2D eigenvalue weighted by atomic mass is 10.1. The number of anilines is 2. The Kier molecular flexibility index (Phi) is 4.20. The maximum atomic E-state index is 5.85. The van der Waals surface area contributed by atoms with E-state index in [9.17, 15) is 0 Å². The van der Waals surface area contributed by atoms with Gasteiger partial charge < -0.3 is 16.2 Å². The molecule has 23 heavy (non-hydrogen) atoms. The smallest absolute Gasteiger partial charge is 0.222 e. The minimum absolute atomic E-state index is 0.127. The Balaban J connectivity index is 1.86. The molecule has 116 valence electrons. The van der Waals surface area contributed by atoms with Crippen LogP contribution in [0.2, 0.25) is 5.28 Å². The molecule has 0 bridgehead atoms. The van der Waals surface area contributed by atoms with Crippen molar-refractivity contribution in [2.24, 2.45) is 0 Å². The highest BCUT2D eigenvalue weighted by Crippen LogP contribution is 2.29. The van der Waals surface area contributed by atoms with Crippen molar-refractivity contribution >= 4 is 23.4 Å². The van der Waals surface area contributed by atoms with Gasteiger partial charge in [0.15, 0.2) is 0 Å². The summed E-state index contributed by atoms with van der Waals surface area (Å²) in [6, 6.07) is 9.23. The quantitative estimate of drug-likeness (QED) is 0.706. The second-order valence-electron chi connectivity index (χ2n) is 4.63. The fourth-order valence-corrected chi connectivity index (χ4v) is 2.14. The second kappa shape index (κ2) is 6.45. The van der Waals surface area contributed by atoms with Crippen LogP contribution in [-0.4, -0.2) is 19.9 Å². The number of para-hydroxylation sites is 1. The largest absolute Gasteiger partial charge is 0.488 e. The number of nitrogens with two attached hydrogens (primary N) is 2. The Morgan fingerprint density at radius 1 is 1.04 bits per heavy atom. The average Bonchev–Trinajstić information content (AvgIpc) is 2.54. The maximum Gasteiger partial charge on any atom is 0.222 e. The van der Waals surface area contributed by atoms with Gasteiger partial charge in [-0.2, -0.15) is 4.98 Å². The zero-order valence-electron chi connectivity index (χ0n) is 12.0. The van der Waals surface area contributed by atoms with Gasteiger partial charge in [0.2, 0.25) is 11.2 Å². The summed E-state index contributed by atoms with van der Waals surface area (Å²) < 4.78 is 5.83. The fourth-order valence-electron chi connectivity index (χ4n) is 1.99. The molecular weight excluding hydrogens is 316 g/mol. The van der Waals surface area contributed by atoms with Crippen LogP contribution < -0.4 is 16.2 Å². The van der Waals surface area contributed by atoms with E-state index in [1.807, 2.05) is 24.3 Å². The summed E-state index contributed by atoms with van der Waals surface area (Å²) in [5.74, 6) is 1.06. The lowest BCUT2D eigenvalue weighted by molar-refractivity contribution is 0.307. The minimum Gasteiger partial charge on any atom is -0.488 e. The van der Waals surface area contributed by atoms with Gasteiger partial charge in [0, 0.05) is 18.0 Å². The Labute approximate surface area is 137 Å². The van der Waals surface area contributed by atoms with Crippen LogP contribution >= 0.6 is 11.6 Å². The van der Waals surface area contributed by atoms with Gasteiger partial charge in [0.1, 0.15) is 18.2 Å². The molecule has 0 saturated carbocycles. The standard InChI is InChI=1S/C15H13ClN6O/c16-14-19-6-5-11(21-14)10-3-1-2-4-12(10)23-8-9-7-20-15(18)22-13(9)17/h1-7H,8H2,(H4,17,18,20,22). The van der Waals surface area contributed by atoms with Crippen LogP contribution in [0.4, 0.5) is 11.8 Å². The van der Waals surface area contributed by atoms with Crippen LogP contribution in [-0.2, 0) is 6.61 Å². The molecule has 2 aromatic heterocycles. The highest BCUT2D eigenvalue weighted by atomic mass is 35.5. The number of hydrogen-bond donors (Lipinski definition) is 2. The molecule has 4 N–H and O–H groups in total. The van der Waals surface area contributed by atoms with Crippen LogP contribution in [0, 0.1) is 0 Å². The zero-order chi connectivity index (χ0) is 16.2. The van der Waals surface area contributed by atoms with E-state index in [4.69, 9.17) is 27.8 Å². The number of halogens is 1. The molecule has 8 heteroatoms. The number of hydrogen-bond acceptors (Lipinski definition) is 7. The van der Waals surface area contributed by atoms with Gasteiger partial charge in [0.25, 0.3) is 0 Å². The minimum atomic E-state index is 0.127. The van der Waals surface area contributed by atoms with Crippen LogP contribution in [0.3, 0.4) is 0 Å². The van der Waals surface area contributed by atoms with Crippen molar-refractivity contribution in [3.63, 3.8) is 0 Å². The van der Waals surface area contributed by atoms with Crippen molar-refractivity contribution in [1.82, 2.24) is 19.9 Å². The van der Waals surface area contributed by atoms with Crippen molar-refractivity contribution in [2.45, 2.75) is 6.61 Å². The first-order valence-electron chi connectivity index (χ1n) is 6.71. The lowest BCUT2D eigenvalue weighted by Crippen LogP contribution is -2.06. The molecule has 0 amide bonds. The molecule has 0 aliphatic carbocycles. The average molecular weight is 329 g/mol. The van der Waals surface area contributed by atoms with Gasteiger partial charge in [-0.1, -0.05) is 12.1 Å². The molecular formula is C15H13ClN6O. The van der Waals surface area contributed by atoms with Crippen LogP contribution in [0.1, 0.15) is 5.56 Å². The van der Waals surface area contributed by atoms with E-state index in [0.717, 1.165) is 5.56 Å². The van der Waals surface area contributed by atoms with E-state index in [0.29, 0.717) is 22.8 Å². The predicted molar refractivity (Wildman–Crippen MR) is 87.7 cm³/mol. The highest BCUT2D eigenvalue weighted by molar-refractivity contribution is 6.28. The van der Waals surface area contributed by atoms with Gasteiger partial charge in [-0.05, 0) is 29.8 Å². The normalized spacial score (nSPS) is 10.5. The lowest BCUT2D eigenvalue weighted by Gasteiger charge is -2.12. The summed E-state index contributed by atoms with van der Waals surface area (Å²) in [4.78, 5) is 15.9. The molecule has 2 heterocycles. The van der Waals surface area contributed by atoms with Crippen molar-refractivity contribution in [3.05, 3.63) is 53.6 Å². The molecule has 3 rings (SSSR count). The summed E-state index contributed by atoms with van der Waals surface area (Å²) >= 11 is 5.85. The maximum absolute atomic E-state index is 5.85. The Morgan fingerprint density at radius 3 is 2.65 bits per heavy atom. The first-order valence-corrected chi connectivity index (χ1v) is 7.09. The van der Waals surface area contributed by atoms with Gasteiger partial charge in [-0.25, -0.2) is 15.0 Å². The van der Waals surface area contributed by atoms with Crippen molar-refractivity contribution in [3.8, 4) is 17.0 Å². The second-order valence-corrected chi connectivity index (χ2v) is 4.97. The highest BCUT2D eigenvalue weighted by Gasteiger charge is 2.10. The molecule has 0 atom stereocenters. The van der Waals surface area contributed by atoms with Crippen molar-refractivity contribution < 1.29 is 4.74 Å². The molecule has 1 aromatic carbocycles. The SMILES string of the molecule is Nc1ncc(COc2ccccc2-c2ccnc(Cl)n2)c(N)n1. The Bertz CT molecular complexity index is 842. The van der Waals surface area contributed by atoms with Crippen LogP contribution in [0.5, 0.6) is 5.75 Å². The predicted octanol–water partition coefficient (Wildman–Crippen LogP) is 2.33. The van der Waals surface area contributed by atoms with E-state index < -0.39 is 0 Å². The van der Waals surface area contributed by atoms with E-state index in [2.05, 4.69) is 19.9 Å². The van der Waals surface area contributed by atoms with Crippen molar-refractivity contribution in [2.75, 3.05) is 11.5 Å². The summed E-state index contributed by atoms with van der Waals surface area (Å²) in [5.41, 5.74) is 13.4. The molecule has 0 aliphatic rings. The fraction of sp³-hybridized carbons (Fsp3) is 0.0667. The monoisotopic (exact) mass is 328 g/mol. The summed E-state index contributed by atoms with van der Waals surface area (Å²) in [5, 5.41) is 0.175. The third-order valence-corrected chi connectivity index (χ3v) is 3.27. The Hall–Kier alpha value is -2.93. The molecule has 7 nitrogen and oxygen atoms in total.